The number of fused-ring (bicyclic) bond motifs is 1. The fraction of sp³-hybridized carbons (Fsp3) is 0.214. The number of aromatic nitrogens is 2. The zero-order chi connectivity index (χ0) is 25.1. The van der Waals surface area contributed by atoms with Gasteiger partial charge < -0.3 is 4.90 Å². The topological polar surface area (TPSA) is 81.3 Å². The first-order chi connectivity index (χ1) is 16.8. The summed E-state index contributed by atoms with van der Waals surface area (Å²) in [6.45, 7) is 4.28. The summed E-state index contributed by atoms with van der Waals surface area (Å²) >= 11 is 0. The predicted molar refractivity (Wildman–Crippen MR) is 141 cm³/mol. The van der Waals surface area contributed by atoms with Crippen molar-refractivity contribution >= 4 is 22.7 Å². The van der Waals surface area contributed by atoms with Gasteiger partial charge in [0.2, 0.25) is 0 Å². The molecule has 1 heterocycles. The van der Waals surface area contributed by atoms with Crippen molar-refractivity contribution in [2.45, 2.75) is 26.2 Å². The second kappa shape index (κ2) is 9.93. The number of para-hydroxylation sites is 2. The number of benzene rings is 3. The third-order valence-electron chi connectivity index (χ3n) is 6.15. The monoisotopic (exact) mass is 468 g/mol. The van der Waals surface area contributed by atoms with Crippen LogP contribution in [-0.4, -0.2) is 33.5 Å². The van der Waals surface area contributed by atoms with Gasteiger partial charge in [-0.05, 0) is 66.6 Å². The molecule has 4 rings (SSSR count). The normalized spacial score (nSPS) is 12.2. The summed E-state index contributed by atoms with van der Waals surface area (Å²) in [5, 5.41) is 12.7. The maximum atomic E-state index is 13.7. The first kappa shape index (κ1) is 23.9. The molecule has 178 valence electrons. The maximum Gasteiger partial charge on any atom is 0.287 e. The Morgan fingerprint density at radius 2 is 1.77 bits per heavy atom. The van der Waals surface area contributed by atoms with Crippen molar-refractivity contribution in [1.82, 2.24) is 14.5 Å². The lowest BCUT2D eigenvalue weighted by molar-refractivity contribution is -0.384. The van der Waals surface area contributed by atoms with E-state index in [2.05, 4.69) is 13.8 Å². The van der Waals surface area contributed by atoms with Crippen LogP contribution in [-0.2, 0) is 0 Å². The second-order valence-electron chi connectivity index (χ2n) is 8.77. The van der Waals surface area contributed by atoms with Gasteiger partial charge in [0.15, 0.2) is 5.82 Å². The number of nitrogens with zero attached hydrogens (tertiary/aromatic N) is 4. The number of hydrogen-bond acceptors (Lipinski definition) is 5. The maximum absolute atomic E-state index is 13.7. The molecule has 4 aromatic rings. The average molecular weight is 469 g/mol. The van der Waals surface area contributed by atoms with E-state index in [-0.39, 0.29) is 22.6 Å². The van der Waals surface area contributed by atoms with Crippen LogP contribution in [0.15, 0.2) is 77.7 Å². The average Bonchev–Trinajstić information content (AvgIpc) is 2.86. The van der Waals surface area contributed by atoms with Crippen molar-refractivity contribution in [2.24, 2.45) is 0 Å². The standard InChI is InChI=1S/C28H28N4O3/c1-5-19(2)20-13-15-22(16-14-20)31-27(29-25-12-7-6-10-23(25)28(31)33)24-11-8-9-21(17-18-30(3)4)26(24)32(34)35/h6-19H,5H2,1-4H3. The lowest BCUT2D eigenvalue weighted by Crippen LogP contribution is -2.22. The second-order valence-corrected chi connectivity index (χ2v) is 8.77. The first-order valence-corrected chi connectivity index (χ1v) is 11.6. The summed E-state index contributed by atoms with van der Waals surface area (Å²) in [5.41, 5.74) is 2.61. The van der Waals surface area contributed by atoms with Gasteiger partial charge in [0.25, 0.3) is 11.2 Å². The van der Waals surface area contributed by atoms with Gasteiger partial charge in [-0.2, -0.15) is 0 Å². The van der Waals surface area contributed by atoms with E-state index in [9.17, 15) is 14.9 Å². The highest BCUT2D eigenvalue weighted by molar-refractivity contribution is 5.84. The molecule has 0 bridgehead atoms. The van der Waals surface area contributed by atoms with Crippen LogP contribution in [0.5, 0.6) is 0 Å². The molecule has 0 fully saturated rings. The van der Waals surface area contributed by atoms with Crippen LogP contribution in [0, 0.1) is 10.1 Å². The molecule has 0 spiro atoms. The zero-order valence-electron chi connectivity index (χ0n) is 20.3. The molecular weight excluding hydrogens is 440 g/mol. The van der Waals surface area contributed by atoms with Crippen LogP contribution < -0.4 is 5.56 Å². The number of nitro groups is 1. The molecule has 0 radical (unpaired) electrons. The molecule has 0 amide bonds. The molecule has 35 heavy (non-hydrogen) atoms. The predicted octanol–water partition coefficient (Wildman–Crippen LogP) is 6.01. The number of nitro benzene ring substituents is 1. The lowest BCUT2D eigenvalue weighted by Gasteiger charge is -2.16. The molecule has 3 aromatic carbocycles. The molecule has 0 aliphatic rings. The number of rotatable bonds is 7. The summed E-state index contributed by atoms with van der Waals surface area (Å²) in [7, 11) is 3.69. The molecule has 0 saturated heterocycles. The van der Waals surface area contributed by atoms with Crippen LogP contribution in [0.25, 0.3) is 34.1 Å². The summed E-state index contributed by atoms with van der Waals surface area (Å²) in [4.78, 5) is 32.1. The van der Waals surface area contributed by atoms with Gasteiger partial charge >= 0.3 is 0 Å². The van der Waals surface area contributed by atoms with Crippen LogP contribution in [0.4, 0.5) is 5.69 Å². The van der Waals surface area contributed by atoms with E-state index < -0.39 is 4.92 Å². The minimum absolute atomic E-state index is 0.0993. The van der Waals surface area contributed by atoms with Gasteiger partial charge in [0, 0.05) is 14.1 Å². The molecule has 1 aromatic heterocycles. The fourth-order valence-electron chi connectivity index (χ4n) is 4.05. The largest absolute Gasteiger partial charge is 0.383 e. The van der Waals surface area contributed by atoms with Crippen molar-refractivity contribution in [3.8, 4) is 17.1 Å². The van der Waals surface area contributed by atoms with Crippen molar-refractivity contribution in [3.63, 3.8) is 0 Å². The highest BCUT2D eigenvalue weighted by Crippen LogP contribution is 2.34. The Morgan fingerprint density at radius 3 is 2.43 bits per heavy atom. The lowest BCUT2D eigenvalue weighted by atomic mass is 9.98. The quantitative estimate of drug-likeness (QED) is 0.245. The van der Waals surface area contributed by atoms with Crippen LogP contribution >= 0.6 is 0 Å². The van der Waals surface area contributed by atoms with E-state index in [1.54, 1.807) is 59.6 Å². The van der Waals surface area contributed by atoms with Crippen LogP contribution in [0.2, 0.25) is 0 Å². The molecular formula is C28H28N4O3. The summed E-state index contributed by atoms with van der Waals surface area (Å²) in [5.74, 6) is 0.619. The van der Waals surface area contributed by atoms with Gasteiger partial charge in [-0.25, -0.2) is 4.98 Å². The van der Waals surface area contributed by atoms with Gasteiger partial charge in [0.05, 0.1) is 32.6 Å². The summed E-state index contributed by atoms with van der Waals surface area (Å²) in [6, 6.07) is 19.9. The molecule has 7 nitrogen and oxygen atoms in total. The Kier molecular flexibility index (Phi) is 6.78. The third kappa shape index (κ3) is 4.71. The third-order valence-corrected chi connectivity index (χ3v) is 6.15. The van der Waals surface area contributed by atoms with E-state index in [1.807, 2.05) is 38.4 Å². The molecule has 0 saturated carbocycles. The van der Waals surface area contributed by atoms with Crippen molar-refractivity contribution in [3.05, 3.63) is 105 Å². The molecule has 1 unspecified atom stereocenters. The molecule has 1 atom stereocenters. The SMILES string of the molecule is CCC(C)c1ccc(-n2c(-c3cccc(C=CN(C)C)c3[N+](=O)[O-])nc3ccccc3c2=O)cc1. The molecule has 7 heteroatoms. The van der Waals surface area contributed by atoms with Crippen LogP contribution in [0.3, 0.4) is 0 Å². The van der Waals surface area contributed by atoms with Crippen molar-refractivity contribution < 1.29 is 4.92 Å². The highest BCUT2D eigenvalue weighted by atomic mass is 16.6. The van der Waals surface area contributed by atoms with Crippen molar-refractivity contribution in [1.29, 1.82) is 0 Å². The minimum Gasteiger partial charge on any atom is -0.383 e. The first-order valence-electron chi connectivity index (χ1n) is 11.6. The smallest absolute Gasteiger partial charge is 0.287 e. The molecule has 0 aliphatic heterocycles. The minimum atomic E-state index is -0.414. The van der Waals surface area contributed by atoms with E-state index >= 15 is 0 Å². The zero-order valence-corrected chi connectivity index (χ0v) is 20.3. The number of hydrogen-bond donors (Lipinski definition) is 0. The highest BCUT2D eigenvalue weighted by Gasteiger charge is 2.25. The summed E-state index contributed by atoms with van der Waals surface area (Å²) in [6.07, 6.45) is 4.44. The Hall–Kier alpha value is -4.26. The fourth-order valence-corrected chi connectivity index (χ4v) is 4.05. The van der Waals surface area contributed by atoms with Crippen molar-refractivity contribution in [2.75, 3.05) is 14.1 Å². The van der Waals surface area contributed by atoms with E-state index in [0.29, 0.717) is 28.1 Å². The van der Waals surface area contributed by atoms with Gasteiger partial charge in [-0.15, -0.1) is 0 Å². The Labute approximate surface area is 204 Å². The van der Waals surface area contributed by atoms with Gasteiger partial charge in [0.1, 0.15) is 0 Å². The van der Waals surface area contributed by atoms with Crippen LogP contribution in [0.1, 0.15) is 37.3 Å². The van der Waals surface area contributed by atoms with E-state index in [4.69, 9.17) is 4.98 Å². The Bertz CT molecular complexity index is 1470. The van der Waals surface area contributed by atoms with E-state index in [1.165, 1.54) is 10.1 Å². The summed E-state index contributed by atoms with van der Waals surface area (Å²) < 4.78 is 1.48. The Balaban J connectivity index is 2.04. The molecule has 0 N–H and O–H groups in total. The van der Waals surface area contributed by atoms with Gasteiger partial charge in [-0.1, -0.05) is 44.2 Å². The van der Waals surface area contributed by atoms with E-state index in [0.717, 1.165) is 6.42 Å². The van der Waals surface area contributed by atoms with Gasteiger partial charge in [-0.3, -0.25) is 19.5 Å². The Morgan fingerprint density at radius 1 is 1.06 bits per heavy atom. The molecule has 0 aliphatic carbocycles.